The van der Waals surface area contributed by atoms with Crippen LogP contribution in [0.1, 0.15) is 27.2 Å². The summed E-state index contributed by atoms with van der Waals surface area (Å²) in [5.41, 5.74) is 0.489. The van der Waals surface area contributed by atoms with Crippen LogP contribution < -0.4 is 5.32 Å². The van der Waals surface area contributed by atoms with Gasteiger partial charge in [-0.25, -0.2) is 0 Å². The van der Waals surface area contributed by atoms with Crippen LogP contribution in [-0.2, 0) is 0 Å². The summed E-state index contributed by atoms with van der Waals surface area (Å²) in [5.74, 6) is 2.62. The first-order valence-corrected chi connectivity index (χ1v) is 7.84. The predicted octanol–water partition coefficient (Wildman–Crippen LogP) is 2.86. The molecule has 2 unspecified atom stereocenters. The second kappa shape index (κ2) is 5.66. The molecule has 0 bridgehead atoms. The average Bonchev–Trinajstić information content (AvgIpc) is 2.15. The van der Waals surface area contributed by atoms with Crippen LogP contribution in [0.25, 0.3) is 0 Å². The van der Waals surface area contributed by atoms with Crippen molar-refractivity contribution in [1.82, 2.24) is 5.32 Å². The van der Waals surface area contributed by atoms with Crippen LogP contribution in [0, 0.1) is 5.41 Å². The van der Waals surface area contributed by atoms with Crippen LogP contribution in [0.15, 0.2) is 0 Å². The largest absolute Gasteiger partial charge is 0.312 e. The van der Waals surface area contributed by atoms with E-state index in [0.717, 1.165) is 11.8 Å². The summed E-state index contributed by atoms with van der Waals surface area (Å²) >= 11 is 4.04. The van der Waals surface area contributed by atoms with E-state index in [1.807, 2.05) is 11.8 Å². The number of hydrogen-bond acceptors (Lipinski definition) is 3. The van der Waals surface area contributed by atoms with Crippen molar-refractivity contribution in [3.63, 3.8) is 0 Å². The van der Waals surface area contributed by atoms with E-state index in [1.165, 1.54) is 17.9 Å². The molecule has 2 atom stereocenters. The van der Waals surface area contributed by atoms with Crippen LogP contribution in [0.2, 0.25) is 0 Å². The molecule has 1 fully saturated rings. The molecule has 14 heavy (non-hydrogen) atoms. The Balaban J connectivity index is 2.34. The molecule has 1 aliphatic rings. The van der Waals surface area contributed by atoms with Gasteiger partial charge in [-0.05, 0) is 23.8 Å². The Labute approximate surface area is 97.2 Å². The van der Waals surface area contributed by atoms with Crippen LogP contribution in [0.4, 0.5) is 0 Å². The molecule has 1 nitrogen and oxygen atoms in total. The second-order valence-corrected chi connectivity index (χ2v) is 7.25. The van der Waals surface area contributed by atoms with Gasteiger partial charge in [-0.3, -0.25) is 0 Å². The zero-order valence-corrected chi connectivity index (χ0v) is 11.4. The summed E-state index contributed by atoms with van der Waals surface area (Å²) in [6.07, 6.45) is 3.54. The molecule has 1 heterocycles. The van der Waals surface area contributed by atoms with Crippen molar-refractivity contribution in [2.45, 2.75) is 38.5 Å². The first-order valence-electron chi connectivity index (χ1n) is 5.40. The predicted molar refractivity (Wildman–Crippen MR) is 70.5 cm³/mol. The molecular formula is C11H23NS2. The summed E-state index contributed by atoms with van der Waals surface area (Å²) < 4.78 is 0. The quantitative estimate of drug-likeness (QED) is 0.802. The number of rotatable bonds is 4. The highest BCUT2D eigenvalue weighted by molar-refractivity contribution is 7.99. The zero-order chi connectivity index (χ0) is 10.6. The zero-order valence-electron chi connectivity index (χ0n) is 9.80. The van der Waals surface area contributed by atoms with Gasteiger partial charge in [0.2, 0.25) is 0 Å². The van der Waals surface area contributed by atoms with Gasteiger partial charge in [0.05, 0.1) is 0 Å². The molecule has 3 heteroatoms. The van der Waals surface area contributed by atoms with Crippen molar-refractivity contribution in [2.75, 3.05) is 24.3 Å². The number of hydrogen-bond donors (Lipinski definition) is 1. The Hall–Kier alpha value is 0.660. The lowest BCUT2D eigenvalue weighted by Gasteiger charge is -2.39. The Morgan fingerprint density at radius 1 is 1.57 bits per heavy atom. The van der Waals surface area contributed by atoms with Crippen LogP contribution >= 0.6 is 23.5 Å². The van der Waals surface area contributed by atoms with Crippen LogP contribution in [0.5, 0.6) is 0 Å². The molecule has 0 aromatic carbocycles. The van der Waals surface area contributed by atoms with Crippen molar-refractivity contribution in [3.05, 3.63) is 0 Å². The lowest BCUT2D eigenvalue weighted by Crippen LogP contribution is -2.48. The molecule has 0 aliphatic carbocycles. The monoisotopic (exact) mass is 233 g/mol. The normalized spacial score (nSPS) is 28.7. The van der Waals surface area contributed by atoms with Gasteiger partial charge in [-0.2, -0.15) is 23.5 Å². The first-order chi connectivity index (χ1) is 6.56. The van der Waals surface area contributed by atoms with Crippen LogP contribution in [0.3, 0.4) is 0 Å². The molecule has 1 N–H and O–H groups in total. The molecule has 0 radical (unpaired) electrons. The van der Waals surface area contributed by atoms with E-state index in [-0.39, 0.29) is 0 Å². The molecule has 0 saturated carbocycles. The Kier molecular flexibility index (Phi) is 5.15. The minimum absolute atomic E-state index is 0.489. The third-order valence-electron chi connectivity index (χ3n) is 3.17. The van der Waals surface area contributed by atoms with E-state index in [4.69, 9.17) is 0 Å². The van der Waals surface area contributed by atoms with E-state index < -0.39 is 0 Å². The van der Waals surface area contributed by atoms with Crippen molar-refractivity contribution in [1.29, 1.82) is 0 Å². The molecule has 0 spiro atoms. The molecule has 1 saturated heterocycles. The molecule has 1 rings (SSSR count). The van der Waals surface area contributed by atoms with Crippen molar-refractivity contribution >= 4 is 23.5 Å². The van der Waals surface area contributed by atoms with Crippen molar-refractivity contribution < 1.29 is 0 Å². The fourth-order valence-electron chi connectivity index (χ4n) is 1.66. The van der Waals surface area contributed by atoms with E-state index in [0.29, 0.717) is 11.5 Å². The second-order valence-electron chi connectivity index (χ2n) is 4.82. The van der Waals surface area contributed by atoms with E-state index in [9.17, 15) is 0 Å². The average molecular weight is 233 g/mol. The topological polar surface area (TPSA) is 12.0 Å². The maximum Gasteiger partial charge on any atom is 0.0210 e. The standard InChI is InChI=1S/C11H23NS2/c1-9(13-4)7-12-10-8-14-6-5-11(10,2)3/h9-10,12H,5-8H2,1-4H3. The molecule has 0 aromatic rings. The lowest BCUT2D eigenvalue weighted by atomic mass is 9.82. The summed E-state index contributed by atoms with van der Waals surface area (Å²) in [5, 5.41) is 4.45. The highest BCUT2D eigenvalue weighted by atomic mass is 32.2. The number of thioether (sulfide) groups is 2. The third kappa shape index (κ3) is 3.67. The summed E-state index contributed by atoms with van der Waals surface area (Å²) in [7, 11) is 0. The van der Waals surface area contributed by atoms with Gasteiger partial charge < -0.3 is 5.32 Å². The van der Waals surface area contributed by atoms with Gasteiger partial charge in [0, 0.05) is 23.6 Å². The highest BCUT2D eigenvalue weighted by Gasteiger charge is 2.32. The fourth-order valence-corrected chi connectivity index (χ4v) is 3.57. The van der Waals surface area contributed by atoms with E-state index in [2.05, 4.69) is 44.1 Å². The molecule has 1 aliphatic heterocycles. The maximum atomic E-state index is 3.72. The van der Waals surface area contributed by atoms with Gasteiger partial charge in [-0.1, -0.05) is 20.8 Å². The minimum Gasteiger partial charge on any atom is -0.312 e. The smallest absolute Gasteiger partial charge is 0.0210 e. The Bertz CT molecular complexity index is 171. The molecular weight excluding hydrogens is 210 g/mol. The van der Waals surface area contributed by atoms with E-state index in [1.54, 1.807) is 0 Å². The Morgan fingerprint density at radius 3 is 2.86 bits per heavy atom. The SMILES string of the molecule is CSC(C)CNC1CSCCC1(C)C. The van der Waals surface area contributed by atoms with Gasteiger partial charge in [0.15, 0.2) is 0 Å². The minimum atomic E-state index is 0.489. The molecule has 0 aromatic heterocycles. The fraction of sp³-hybridized carbons (Fsp3) is 1.00. The highest BCUT2D eigenvalue weighted by Crippen LogP contribution is 2.34. The lowest BCUT2D eigenvalue weighted by molar-refractivity contribution is 0.247. The third-order valence-corrected chi connectivity index (χ3v) is 5.21. The van der Waals surface area contributed by atoms with Gasteiger partial charge in [0.25, 0.3) is 0 Å². The van der Waals surface area contributed by atoms with Crippen molar-refractivity contribution in [3.8, 4) is 0 Å². The summed E-state index contributed by atoms with van der Waals surface area (Å²) in [4.78, 5) is 0. The van der Waals surface area contributed by atoms with E-state index >= 15 is 0 Å². The summed E-state index contributed by atoms with van der Waals surface area (Å²) in [6, 6.07) is 0.704. The van der Waals surface area contributed by atoms with Crippen LogP contribution in [-0.4, -0.2) is 35.6 Å². The first kappa shape index (κ1) is 12.7. The van der Waals surface area contributed by atoms with Gasteiger partial charge >= 0.3 is 0 Å². The van der Waals surface area contributed by atoms with Crippen molar-refractivity contribution in [2.24, 2.45) is 5.41 Å². The van der Waals surface area contributed by atoms with Gasteiger partial charge in [0.1, 0.15) is 0 Å². The maximum absolute atomic E-state index is 3.72. The molecule has 0 amide bonds. The Morgan fingerprint density at radius 2 is 2.29 bits per heavy atom. The van der Waals surface area contributed by atoms with Gasteiger partial charge in [-0.15, -0.1) is 0 Å². The molecule has 84 valence electrons. The number of nitrogens with one attached hydrogen (secondary N) is 1. The summed E-state index contributed by atoms with van der Waals surface area (Å²) in [6.45, 7) is 8.23.